The lowest BCUT2D eigenvalue weighted by atomic mass is 9.77. The SMILES string of the molecule is C=C[C@@H]1C[C@]1(CC(=O)[C@@H]1C[C@@H](Oc2nccc3cc(OC)ccc23)CN1C(=O)[C@@H](CC(=O)OC(C)(C)CC)C(C)(C)C)C(=O)NS(=O)(=O)C1CC1. The van der Waals surface area contributed by atoms with Crippen molar-refractivity contribution in [2.24, 2.45) is 22.7 Å². The van der Waals surface area contributed by atoms with Crippen LogP contribution in [0.5, 0.6) is 11.6 Å². The summed E-state index contributed by atoms with van der Waals surface area (Å²) in [5, 5.41) is 0.945. The highest BCUT2D eigenvalue weighted by molar-refractivity contribution is 7.90. The van der Waals surface area contributed by atoms with E-state index in [4.69, 9.17) is 14.2 Å². The van der Waals surface area contributed by atoms with Crippen molar-refractivity contribution < 1.29 is 41.8 Å². The van der Waals surface area contributed by atoms with Crippen LogP contribution in [0.4, 0.5) is 0 Å². The first-order chi connectivity index (χ1) is 23.8. The maximum atomic E-state index is 14.6. The molecule has 0 radical (unpaired) electrons. The lowest BCUT2D eigenvalue weighted by molar-refractivity contribution is -0.162. The molecule has 2 aliphatic carbocycles. The Kier molecular flexibility index (Phi) is 10.6. The highest BCUT2D eigenvalue weighted by Crippen LogP contribution is 2.57. The van der Waals surface area contributed by atoms with Gasteiger partial charge < -0.3 is 19.1 Å². The number of pyridine rings is 1. The van der Waals surface area contributed by atoms with Gasteiger partial charge in [0.25, 0.3) is 0 Å². The largest absolute Gasteiger partial charge is 0.497 e. The summed E-state index contributed by atoms with van der Waals surface area (Å²) < 4.78 is 45.1. The van der Waals surface area contributed by atoms with E-state index in [0.717, 1.165) is 10.8 Å². The number of fused-ring (bicyclic) bond motifs is 1. The molecule has 0 spiro atoms. The Morgan fingerprint density at radius 3 is 2.43 bits per heavy atom. The lowest BCUT2D eigenvalue weighted by Crippen LogP contribution is -2.49. The number of carbonyl (C=O) groups excluding carboxylic acids is 4. The van der Waals surface area contributed by atoms with E-state index >= 15 is 0 Å². The number of methoxy groups -OCH3 is 1. The zero-order valence-electron chi connectivity index (χ0n) is 30.7. The fraction of sp³-hybridized carbons (Fsp3) is 0.605. The van der Waals surface area contributed by atoms with E-state index in [-0.39, 0.29) is 32.2 Å². The minimum atomic E-state index is -3.85. The van der Waals surface area contributed by atoms with Crippen molar-refractivity contribution in [2.45, 2.75) is 109 Å². The first-order valence-corrected chi connectivity index (χ1v) is 19.2. The molecular formula is C38H51N3O9S. The molecule has 3 aliphatic rings. The average Bonchev–Trinajstić information content (AvgIpc) is 3.99. The highest BCUT2D eigenvalue weighted by Gasteiger charge is 2.61. The molecule has 1 aliphatic heterocycles. The number of carbonyl (C=O) groups is 4. The van der Waals surface area contributed by atoms with Gasteiger partial charge in [0.1, 0.15) is 17.5 Å². The molecule has 2 saturated carbocycles. The number of sulfonamides is 1. The van der Waals surface area contributed by atoms with E-state index in [9.17, 15) is 27.6 Å². The number of aromatic nitrogens is 1. The van der Waals surface area contributed by atoms with Gasteiger partial charge in [-0.05, 0) is 80.5 Å². The van der Waals surface area contributed by atoms with E-state index in [1.165, 1.54) is 4.90 Å². The molecule has 1 aromatic carbocycles. The van der Waals surface area contributed by atoms with Crippen LogP contribution in [0.1, 0.15) is 86.5 Å². The minimum absolute atomic E-state index is 0.0334. The molecule has 3 fully saturated rings. The van der Waals surface area contributed by atoms with Crippen LogP contribution in [0.15, 0.2) is 43.1 Å². The smallest absolute Gasteiger partial charge is 0.307 e. The molecule has 1 saturated heterocycles. The second kappa shape index (κ2) is 14.2. The highest BCUT2D eigenvalue weighted by atomic mass is 32.2. The van der Waals surface area contributed by atoms with Gasteiger partial charge in [-0.2, -0.15) is 0 Å². The summed E-state index contributed by atoms with van der Waals surface area (Å²) in [4.78, 5) is 61.6. The van der Waals surface area contributed by atoms with Crippen LogP contribution < -0.4 is 14.2 Å². The van der Waals surface area contributed by atoms with Gasteiger partial charge in [0.2, 0.25) is 27.7 Å². The Morgan fingerprint density at radius 2 is 1.84 bits per heavy atom. The summed E-state index contributed by atoms with van der Waals surface area (Å²) >= 11 is 0. The van der Waals surface area contributed by atoms with Crippen LogP contribution in [-0.2, 0) is 33.9 Å². The van der Waals surface area contributed by atoms with Crippen LogP contribution in [0.3, 0.4) is 0 Å². The van der Waals surface area contributed by atoms with Crippen molar-refractivity contribution in [3.63, 3.8) is 0 Å². The van der Waals surface area contributed by atoms with Gasteiger partial charge >= 0.3 is 5.97 Å². The van der Waals surface area contributed by atoms with Crippen molar-refractivity contribution in [1.29, 1.82) is 0 Å². The third kappa shape index (κ3) is 8.39. The third-order valence-electron chi connectivity index (χ3n) is 10.6. The Bertz CT molecular complexity index is 1810. The molecule has 2 heterocycles. The Labute approximate surface area is 300 Å². The van der Waals surface area contributed by atoms with E-state index < -0.39 is 79.3 Å². The average molecular weight is 726 g/mol. The summed E-state index contributed by atoms with van der Waals surface area (Å²) in [6.45, 7) is 15.0. The number of esters is 1. The van der Waals surface area contributed by atoms with Gasteiger partial charge in [-0.25, -0.2) is 13.4 Å². The minimum Gasteiger partial charge on any atom is -0.497 e. The fourth-order valence-electron chi connectivity index (χ4n) is 6.80. The second-order valence-electron chi connectivity index (χ2n) is 15.9. The van der Waals surface area contributed by atoms with Crippen LogP contribution in [0.25, 0.3) is 10.8 Å². The van der Waals surface area contributed by atoms with Crippen LogP contribution >= 0.6 is 0 Å². The fourth-order valence-corrected chi connectivity index (χ4v) is 8.18. The number of hydrogen-bond donors (Lipinski definition) is 1. The molecule has 2 amide bonds. The molecule has 5 rings (SSSR count). The maximum Gasteiger partial charge on any atom is 0.307 e. The van der Waals surface area contributed by atoms with Gasteiger partial charge in [-0.1, -0.05) is 33.8 Å². The number of nitrogens with one attached hydrogen (secondary N) is 1. The number of Topliss-reactive ketones (excluding diaryl/α,β-unsaturated/α-hetero) is 1. The van der Waals surface area contributed by atoms with E-state index in [0.29, 0.717) is 30.9 Å². The number of rotatable bonds is 15. The van der Waals surface area contributed by atoms with Crippen LogP contribution in [0.2, 0.25) is 0 Å². The second-order valence-corrected chi connectivity index (χ2v) is 17.9. The molecule has 13 heteroatoms. The molecule has 1 N–H and O–H groups in total. The molecule has 12 nitrogen and oxygen atoms in total. The summed E-state index contributed by atoms with van der Waals surface area (Å²) in [7, 11) is -2.27. The number of nitrogens with zero attached hydrogens (tertiary/aromatic N) is 2. The third-order valence-corrected chi connectivity index (χ3v) is 12.5. The van der Waals surface area contributed by atoms with Crippen molar-refractivity contribution in [3.8, 4) is 11.6 Å². The van der Waals surface area contributed by atoms with Crippen molar-refractivity contribution in [2.75, 3.05) is 13.7 Å². The van der Waals surface area contributed by atoms with Crippen LogP contribution in [0, 0.1) is 22.7 Å². The number of benzene rings is 1. The Morgan fingerprint density at radius 1 is 1.14 bits per heavy atom. The predicted molar refractivity (Wildman–Crippen MR) is 191 cm³/mol. The molecule has 51 heavy (non-hydrogen) atoms. The first-order valence-electron chi connectivity index (χ1n) is 17.7. The molecular weight excluding hydrogens is 674 g/mol. The number of allylic oxidation sites excluding steroid dienone is 1. The molecule has 1 aromatic heterocycles. The van der Waals surface area contributed by atoms with Gasteiger partial charge in [-0.15, -0.1) is 6.58 Å². The molecule has 0 unspecified atom stereocenters. The maximum absolute atomic E-state index is 14.6. The zero-order valence-corrected chi connectivity index (χ0v) is 31.5. The molecule has 0 bridgehead atoms. The number of ether oxygens (including phenoxy) is 3. The predicted octanol–water partition coefficient (Wildman–Crippen LogP) is 5.14. The van der Waals surface area contributed by atoms with Gasteiger partial charge in [0.15, 0.2) is 5.78 Å². The summed E-state index contributed by atoms with van der Waals surface area (Å²) in [5.74, 6) is -2.27. The zero-order chi connectivity index (χ0) is 37.5. The summed E-state index contributed by atoms with van der Waals surface area (Å²) in [6, 6.07) is 6.30. The van der Waals surface area contributed by atoms with Crippen LogP contribution in [-0.4, -0.2) is 78.5 Å². The van der Waals surface area contributed by atoms with Gasteiger partial charge in [-0.3, -0.25) is 23.9 Å². The number of hydrogen-bond acceptors (Lipinski definition) is 10. The Balaban J connectivity index is 1.44. The first kappa shape index (κ1) is 38.2. The topological polar surface area (TPSA) is 158 Å². The van der Waals surface area contributed by atoms with E-state index in [1.807, 2.05) is 59.7 Å². The Hall–Kier alpha value is -4.00. The summed E-state index contributed by atoms with van der Waals surface area (Å²) in [5.41, 5.74) is -2.68. The normalized spacial score (nSPS) is 24.1. The quantitative estimate of drug-likeness (QED) is 0.193. The van der Waals surface area contributed by atoms with Gasteiger partial charge in [0, 0.05) is 24.4 Å². The van der Waals surface area contributed by atoms with Crippen molar-refractivity contribution in [3.05, 3.63) is 43.1 Å². The van der Waals surface area contributed by atoms with E-state index in [2.05, 4.69) is 16.3 Å². The number of amides is 2. The standard InChI is InChI=1S/C38H51N3O9S/c1-9-24-20-38(24,35(45)40-51(46,47)27-12-13-27)21-31(42)30-18-26(49-33-28-14-11-25(48-8)17-23(28)15-16-39-33)22-41(30)34(44)29(36(3,4)5)19-32(43)50-37(6,7)10-2/h9,11,14-17,24,26-27,29-30H,1,10,12-13,18-22H2,2-8H3,(H,40,45)/t24-,26-,29-,30+,38-/m1/s1. The van der Waals surface area contributed by atoms with Crippen molar-refractivity contribution in [1.82, 2.24) is 14.6 Å². The van der Waals surface area contributed by atoms with Gasteiger partial charge in [0.05, 0.1) is 42.7 Å². The van der Waals surface area contributed by atoms with E-state index in [1.54, 1.807) is 25.4 Å². The number of ketones is 1. The van der Waals surface area contributed by atoms with Crippen molar-refractivity contribution >= 4 is 44.4 Å². The monoisotopic (exact) mass is 725 g/mol. The molecule has 278 valence electrons. The molecule has 5 atom stereocenters. The number of likely N-dealkylation sites (tertiary alicyclic amines) is 1. The summed E-state index contributed by atoms with van der Waals surface area (Å²) in [6.07, 6.45) is 3.99. The lowest BCUT2D eigenvalue weighted by Gasteiger charge is -2.35. The molecule has 2 aromatic rings.